The van der Waals surface area contributed by atoms with E-state index in [0.717, 1.165) is 22.1 Å². The number of benzene rings is 8. The highest BCUT2D eigenvalue weighted by Crippen LogP contribution is 2.63. The van der Waals surface area contributed by atoms with Gasteiger partial charge in [0.2, 0.25) is 0 Å². The molecule has 0 bridgehead atoms. The van der Waals surface area contributed by atoms with Crippen LogP contribution in [0.5, 0.6) is 0 Å². The van der Waals surface area contributed by atoms with Gasteiger partial charge in [0.05, 0.1) is 5.41 Å². The molecule has 0 aliphatic heterocycles. The average molecular weight is 714 g/mol. The van der Waals surface area contributed by atoms with Crippen molar-refractivity contribution in [1.29, 1.82) is 0 Å². The standard InChI is InChI=1S/C53H35N3/c1-52(2)42-21-9-5-16-36(42)39-29-28-35(31-47(39)52)50-54-49(34-27-26-32-14-3-4-15-33(32)30-34)55-51(56-50)41-20-13-25-46-48(41)40-19-8-12-24-45(40)53(46)43-22-10-6-17-37(43)38-18-7-11-23-44(38)53/h3-31H,1-2H3. The summed E-state index contributed by atoms with van der Waals surface area (Å²) in [5, 5.41) is 2.34. The smallest absolute Gasteiger partial charge is 0.164 e. The van der Waals surface area contributed by atoms with E-state index in [1.807, 2.05) is 0 Å². The molecular weight excluding hydrogens is 679 g/mol. The molecule has 0 atom stereocenters. The highest BCUT2D eigenvalue weighted by Gasteiger charge is 2.52. The van der Waals surface area contributed by atoms with Crippen molar-refractivity contribution in [2.24, 2.45) is 0 Å². The van der Waals surface area contributed by atoms with Crippen molar-refractivity contribution in [3.05, 3.63) is 209 Å². The minimum atomic E-state index is -0.452. The van der Waals surface area contributed by atoms with Crippen molar-refractivity contribution < 1.29 is 0 Å². The van der Waals surface area contributed by atoms with Gasteiger partial charge < -0.3 is 0 Å². The Hall–Kier alpha value is -6.97. The summed E-state index contributed by atoms with van der Waals surface area (Å²) in [6.45, 7) is 4.64. The first-order valence-corrected chi connectivity index (χ1v) is 19.4. The summed E-state index contributed by atoms with van der Waals surface area (Å²) < 4.78 is 0. The van der Waals surface area contributed by atoms with E-state index in [-0.39, 0.29) is 5.41 Å². The van der Waals surface area contributed by atoms with Crippen molar-refractivity contribution >= 4 is 10.8 Å². The maximum atomic E-state index is 5.42. The van der Waals surface area contributed by atoms with Gasteiger partial charge in [0.1, 0.15) is 0 Å². The fourth-order valence-electron chi connectivity index (χ4n) is 10.3. The van der Waals surface area contributed by atoms with Gasteiger partial charge in [-0.2, -0.15) is 0 Å². The average Bonchev–Trinajstić information content (AvgIpc) is 3.82. The van der Waals surface area contributed by atoms with Crippen LogP contribution in [0.25, 0.3) is 78.3 Å². The number of fused-ring (bicyclic) bond motifs is 14. The van der Waals surface area contributed by atoms with E-state index in [9.17, 15) is 0 Å². The molecule has 1 spiro atoms. The second kappa shape index (κ2) is 11.3. The van der Waals surface area contributed by atoms with Gasteiger partial charge in [-0.25, -0.2) is 15.0 Å². The summed E-state index contributed by atoms with van der Waals surface area (Å²) in [5.74, 6) is 2.00. The predicted octanol–water partition coefficient (Wildman–Crippen LogP) is 12.7. The van der Waals surface area contributed by atoms with Gasteiger partial charge in [-0.15, -0.1) is 0 Å². The van der Waals surface area contributed by atoms with Crippen LogP contribution >= 0.6 is 0 Å². The Labute approximate surface area is 326 Å². The Morgan fingerprint density at radius 1 is 0.321 bits per heavy atom. The molecule has 0 radical (unpaired) electrons. The molecule has 8 aromatic carbocycles. The molecule has 0 saturated heterocycles. The summed E-state index contributed by atoms with van der Waals surface area (Å²) in [5.41, 5.74) is 17.8. The van der Waals surface area contributed by atoms with Gasteiger partial charge in [-0.1, -0.05) is 178 Å². The lowest BCUT2D eigenvalue weighted by Gasteiger charge is -2.30. The van der Waals surface area contributed by atoms with Gasteiger partial charge in [-0.05, 0) is 89.7 Å². The predicted molar refractivity (Wildman–Crippen MR) is 228 cm³/mol. The van der Waals surface area contributed by atoms with Crippen molar-refractivity contribution in [2.45, 2.75) is 24.7 Å². The third-order valence-corrected chi connectivity index (χ3v) is 12.7. The van der Waals surface area contributed by atoms with Crippen LogP contribution in [-0.2, 0) is 10.8 Å². The first-order valence-electron chi connectivity index (χ1n) is 19.4. The Kier molecular flexibility index (Phi) is 6.32. The van der Waals surface area contributed by atoms with Gasteiger partial charge in [-0.3, -0.25) is 0 Å². The molecule has 3 heteroatoms. The van der Waals surface area contributed by atoms with Crippen LogP contribution in [0.1, 0.15) is 47.2 Å². The summed E-state index contributed by atoms with van der Waals surface area (Å²) in [6.07, 6.45) is 0. The van der Waals surface area contributed by atoms with Crippen molar-refractivity contribution in [3.8, 4) is 67.5 Å². The molecule has 3 nitrogen and oxygen atoms in total. The molecule has 0 fully saturated rings. The summed E-state index contributed by atoms with van der Waals surface area (Å²) in [6, 6.07) is 64.0. The lowest BCUT2D eigenvalue weighted by atomic mass is 9.70. The SMILES string of the molecule is CC1(C)c2ccccc2-c2ccc(-c3nc(-c4ccc5ccccc5c4)nc(-c4cccc5c4-c4ccccc4C54c5ccccc5-c5ccccc54)n3)cc21. The first kappa shape index (κ1) is 31.4. The molecule has 262 valence electrons. The van der Waals surface area contributed by atoms with Crippen molar-refractivity contribution in [2.75, 3.05) is 0 Å². The molecule has 0 unspecified atom stereocenters. The monoisotopic (exact) mass is 713 g/mol. The zero-order valence-electron chi connectivity index (χ0n) is 31.1. The highest BCUT2D eigenvalue weighted by atomic mass is 15.0. The molecule has 3 aliphatic rings. The van der Waals surface area contributed by atoms with E-state index in [2.05, 4.69) is 190 Å². The van der Waals surface area contributed by atoms with Crippen molar-refractivity contribution in [3.63, 3.8) is 0 Å². The number of nitrogens with zero attached hydrogens (tertiary/aromatic N) is 3. The van der Waals surface area contributed by atoms with Gasteiger partial charge in [0, 0.05) is 22.1 Å². The Morgan fingerprint density at radius 3 is 1.48 bits per heavy atom. The first-order chi connectivity index (χ1) is 27.5. The molecule has 3 aliphatic carbocycles. The van der Waals surface area contributed by atoms with Crippen LogP contribution in [0.4, 0.5) is 0 Å². The fourth-order valence-corrected chi connectivity index (χ4v) is 10.3. The maximum Gasteiger partial charge on any atom is 0.164 e. The van der Waals surface area contributed by atoms with E-state index >= 15 is 0 Å². The van der Waals surface area contributed by atoms with Gasteiger partial charge in [0.15, 0.2) is 17.5 Å². The molecule has 0 saturated carbocycles. The van der Waals surface area contributed by atoms with Crippen LogP contribution in [0.3, 0.4) is 0 Å². The summed E-state index contributed by atoms with van der Waals surface area (Å²) >= 11 is 0. The quantitative estimate of drug-likeness (QED) is 0.183. The number of hydrogen-bond donors (Lipinski definition) is 0. The molecule has 9 aromatic rings. The van der Waals surface area contributed by atoms with E-state index < -0.39 is 5.41 Å². The summed E-state index contributed by atoms with van der Waals surface area (Å²) in [4.78, 5) is 16.1. The number of rotatable bonds is 3. The van der Waals surface area contributed by atoms with Crippen LogP contribution in [0.2, 0.25) is 0 Å². The molecular formula is C53H35N3. The van der Waals surface area contributed by atoms with Crippen LogP contribution in [0, 0.1) is 0 Å². The number of hydrogen-bond acceptors (Lipinski definition) is 3. The zero-order valence-corrected chi connectivity index (χ0v) is 31.1. The second-order valence-corrected chi connectivity index (χ2v) is 15.9. The second-order valence-electron chi connectivity index (χ2n) is 15.9. The van der Waals surface area contributed by atoms with E-state index in [4.69, 9.17) is 15.0 Å². The molecule has 1 heterocycles. The molecule has 12 rings (SSSR count). The van der Waals surface area contributed by atoms with Crippen LogP contribution in [-0.4, -0.2) is 15.0 Å². The third-order valence-electron chi connectivity index (χ3n) is 12.7. The van der Waals surface area contributed by atoms with Crippen LogP contribution in [0.15, 0.2) is 176 Å². The van der Waals surface area contributed by atoms with Gasteiger partial charge >= 0.3 is 0 Å². The van der Waals surface area contributed by atoms with E-state index in [1.54, 1.807) is 0 Å². The van der Waals surface area contributed by atoms with E-state index in [1.165, 1.54) is 72.1 Å². The molecule has 0 amide bonds. The minimum absolute atomic E-state index is 0.148. The van der Waals surface area contributed by atoms with E-state index in [0.29, 0.717) is 17.5 Å². The Balaban J connectivity index is 1.12. The zero-order chi connectivity index (χ0) is 37.2. The lowest BCUT2D eigenvalue weighted by molar-refractivity contribution is 0.660. The summed E-state index contributed by atoms with van der Waals surface area (Å²) in [7, 11) is 0. The van der Waals surface area contributed by atoms with Gasteiger partial charge in [0.25, 0.3) is 0 Å². The van der Waals surface area contributed by atoms with Crippen LogP contribution < -0.4 is 0 Å². The molecule has 0 N–H and O–H groups in total. The number of aromatic nitrogens is 3. The largest absolute Gasteiger partial charge is 0.208 e. The van der Waals surface area contributed by atoms with Crippen molar-refractivity contribution in [1.82, 2.24) is 15.0 Å². The Bertz CT molecular complexity index is 3090. The maximum absolute atomic E-state index is 5.42. The Morgan fingerprint density at radius 2 is 0.786 bits per heavy atom. The molecule has 1 aromatic heterocycles. The lowest BCUT2D eigenvalue weighted by Crippen LogP contribution is -2.25. The highest BCUT2D eigenvalue weighted by molar-refractivity contribution is 5.99. The normalized spacial score (nSPS) is 14.5. The topological polar surface area (TPSA) is 38.7 Å². The molecule has 56 heavy (non-hydrogen) atoms. The third kappa shape index (κ3) is 4.09. The minimum Gasteiger partial charge on any atom is -0.208 e. The fraction of sp³-hybridized carbons (Fsp3) is 0.0755.